The molecule has 1 saturated heterocycles. The molecule has 0 spiro atoms. The number of amides is 1. The number of carbonyl (C=O) groups excluding carboxylic acids is 1. The number of fused-ring (bicyclic) bond motifs is 1. The van der Waals surface area contributed by atoms with E-state index < -0.39 is 18.2 Å². The number of rotatable bonds is 10. The Bertz CT molecular complexity index is 1600. The van der Waals surface area contributed by atoms with E-state index in [4.69, 9.17) is 28.5 Å². The fraction of sp³-hybridized carbons (Fsp3) is 0.345. The van der Waals surface area contributed by atoms with Gasteiger partial charge in [-0.1, -0.05) is 19.1 Å². The highest BCUT2D eigenvalue weighted by Gasteiger charge is 2.32. The van der Waals surface area contributed by atoms with E-state index in [1.807, 2.05) is 20.8 Å². The van der Waals surface area contributed by atoms with Gasteiger partial charge in [0.05, 0.1) is 6.61 Å². The summed E-state index contributed by atoms with van der Waals surface area (Å²) < 4.78 is 42.1. The first kappa shape index (κ1) is 28.6. The summed E-state index contributed by atoms with van der Waals surface area (Å²) in [5.74, 6) is -0.102. The van der Waals surface area contributed by atoms with Crippen LogP contribution in [0.3, 0.4) is 0 Å². The second kappa shape index (κ2) is 12.3. The monoisotopic (exact) mass is 580 g/mol. The number of ether oxygens (including phenoxy) is 4. The average molecular weight is 581 g/mol. The molecule has 0 radical (unpaired) electrons. The summed E-state index contributed by atoms with van der Waals surface area (Å²) >= 11 is 0. The maximum atomic E-state index is 14.2. The molecule has 220 valence electrons. The Morgan fingerprint density at radius 2 is 1.88 bits per heavy atom. The van der Waals surface area contributed by atoms with Crippen LogP contribution in [0.2, 0.25) is 0 Å². The van der Waals surface area contributed by atoms with Crippen molar-refractivity contribution in [2.45, 2.75) is 46.3 Å². The van der Waals surface area contributed by atoms with Gasteiger partial charge in [0.1, 0.15) is 5.75 Å². The zero-order chi connectivity index (χ0) is 29.8. The van der Waals surface area contributed by atoms with Crippen LogP contribution in [0.1, 0.15) is 37.3 Å². The van der Waals surface area contributed by atoms with E-state index in [-0.39, 0.29) is 47.3 Å². The molecule has 1 aliphatic heterocycles. The standard InChI is InChI=1S/C29H29FN4O8/c1-4-12-38-26-23-27(33-28(32-26)40-20-9-6-5-8-19(20)30)42-25(31-23)18-13-16(2)24(17(3)14-18)39-15-21(35)34-11-7-10-22(34)41-29(36)37/h5-6,8-9,13-14,22H,4,7,10-12,15H2,1-3H3,(H,36,37)/t22-/m0/s1. The lowest BCUT2D eigenvalue weighted by Crippen LogP contribution is -2.40. The molecule has 1 N–H and O–H groups in total. The maximum Gasteiger partial charge on any atom is 0.507 e. The number of hydrogen-bond acceptors (Lipinski definition) is 10. The minimum atomic E-state index is -1.43. The van der Waals surface area contributed by atoms with Crippen molar-refractivity contribution >= 4 is 23.3 Å². The number of oxazole rings is 1. The molecule has 0 aliphatic carbocycles. The average Bonchev–Trinajstić information content (AvgIpc) is 3.59. The van der Waals surface area contributed by atoms with Crippen LogP contribution in [0.25, 0.3) is 22.7 Å². The van der Waals surface area contributed by atoms with Crippen molar-refractivity contribution in [3.8, 4) is 34.8 Å². The van der Waals surface area contributed by atoms with Crippen LogP contribution >= 0.6 is 0 Å². The van der Waals surface area contributed by atoms with Crippen molar-refractivity contribution in [1.29, 1.82) is 0 Å². The number of carbonyl (C=O) groups is 2. The Balaban J connectivity index is 1.38. The van der Waals surface area contributed by atoms with Gasteiger partial charge in [-0.2, -0.15) is 9.97 Å². The Labute approximate surface area is 240 Å². The van der Waals surface area contributed by atoms with E-state index >= 15 is 0 Å². The summed E-state index contributed by atoms with van der Waals surface area (Å²) in [6, 6.07) is 9.32. The van der Waals surface area contributed by atoms with Gasteiger partial charge in [0.2, 0.25) is 5.89 Å². The Kier molecular flexibility index (Phi) is 8.36. The first-order chi connectivity index (χ1) is 20.2. The molecule has 2 aromatic heterocycles. The topological polar surface area (TPSA) is 146 Å². The molecule has 5 rings (SSSR count). The minimum absolute atomic E-state index is 0.0481. The third-order valence-electron chi connectivity index (χ3n) is 6.49. The molecular formula is C29H29FN4O8. The first-order valence-electron chi connectivity index (χ1n) is 13.4. The number of nitrogens with zero attached hydrogens (tertiary/aromatic N) is 4. The zero-order valence-corrected chi connectivity index (χ0v) is 23.3. The first-order valence-corrected chi connectivity index (χ1v) is 13.4. The number of hydrogen-bond donors (Lipinski definition) is 1. The molecule has 1 fully saturated rings. The van der Waals surface area contributed by atoms with Crippen LogP contribution in [0.5, 0.6) is 23.4 Å². The van der Waals surface area contributed by atoms with Crippen LogP contribution in [0, 0.1) is 19.7 Å². The second-order valence-corrected chi connectivity index (χ2v) is 9.66. The van der Waals surface area contributed by atoms with E-state index in [2.05, 4.69) is 15.0 Å². The number of halogens is 1. The van der Waals surface area contributed by atoms with Gasteiger partial charge in [-0.3, -0.25) is 4.79 Å². The summed E-state index contributed by atoms with van der Waals surface area (Å²) in [7, 11) is 0. The van der Waals surface area contributed by atoms with Crippen LogP contribution < -0.4 is 14.2 Å². The molecule has 0 saturated carbocycles. The van der Waals surface area contributed by atoms with Gasteiger partial charge in [0.25, 0.3) is 17.5 Å². The largest absolute Gasteiger partial charge is 0.507 e. The molecule has 1 amide bonds. The molecule has 4 aromatic rings. The Morgan fingerprint density at radius 3 is 2.60 bits per heavy atom. The van der Waals surface area contributed by atoms with Gasteiger partial charge in [-0.25, -0.2) is 14.2 Å². The third-order valence-corrected chi connectivity index (χ3v) is 6.49. The smallest absolute Gasteiger partial charge is 0.483 e. The van der Waals surface area contributed by atoms with Crippen LogP contribution in [0.15, 0.2) is 40.8 Å². The molecule has 1 atom stereocenters. The molecule has 3 heterocycles. The normalized spacial score (nSPS) is 14.7. The minimum Gasteiger partial charge on any atom is -0.483 e. The van der Waals surface area contributed by atoms with Crippen LogP contribution in [-0.2, 0) is 9.53 Å². The SMILES string of the molecule is CCCOc1nc(Oc2ccccc2F)nc2oc(-c3cc(C)c(OCC(=O)N4CCC[C@@H]4OC(=O)O)c(C)c3)nc12. The lowest BCUT2D eigenvalue weighted by molar-refractivity contribution is -0.141. The number of benzene rings is 2. The summed E-state index contributed by atoms with van der Waals surface area (Å²) in [4.78, 5) is 38.2. The predicted octanol–water partition coefficient (Wildman–Crippen LogP) is 5.64. The van der Waals surface area contributed by atoms with Gasteiger partial charge in [0, 0.05) is 18.5 Å². The second-order valence-electron chi connectivity index (χ2n) is 9.66. The van der Waals surface area contributed by atoms with Gasteiger partial charge >= 0.3 is 12.2 Å². The van der Waals surface area contributed by atoms with Gasteiger partial charge in [-0.05, 0) is 62.1 Å². The highest BCUT2D eigenvalue weighted by Crippen LogP contribution is 2.34. The van der Waals surface area contributed by atoms with E-state index in [1.165, 1.54) is 17.0 Å². The summed E-state index contributed by atoms with van der Waals surface area (Å²) in [5, 5.41) is 8.92. The summed E-state index contributed by atoms with van der Waals surface area (Å²) in [5.41, 5.74) is 2.44. The molecule has 2 aromatic carbocycles. The van der Waals surface area contributed by atoms with E-state index in [1.54, 1.807) is 24.3 Å². The lowest BCUT2D eigenvalue weighted by Gasteiger charge is -2.23. The Morgan fingerprint density at radius 1 is 1.12 bits per heavy atom. The Hall–Kier alpha value is -4.94. The molecule has 1 aliphatic rings. The van der Waals surface area contributed by atoms with Crippen molar-refractivity contribution in [3.05, 3.63) is 53.3 Å². The van der Waals surface area contributed by atoms with Crippen molar-refractivity contribution in [2.75, 3.05) is 19.8 Å². The van der Waals surface area contributed by atoms with Crippen molar-refractivity contribution in [3.63, 3.8) is 0 Å². The fourth-order valence-electron chi connectivity index (χ4n) is 4.65. The van der Waals surface area contributed by atoms with Crippen LogP contribution in [0.4, 0.5) is 9.18 Å². The number of para-hydroxylation sites is 1. The number of aryl methyl sites for hydroxylation is 2. The molecular weight excluding hydrogens is 551 g/mol. The summed E-state index contributed by atoms with van der Waals surface area (Å²) in [6.45, 7) is 6.06. The summed E-state index contributed by atoms with van der Waals surface area (Å²) in [6.07, 6.45) is -0.428. The van der Waals surface area contributed by atoms with Crippen LogP contribution in [-0.4, -0.2) is 63.0 Å². The van der Waals surface area contributed by atoms with Gasteiger partial charge in [0.15, 0.2) is 29.9 Å². The molecule has 13 heteroatoms. The van der Waals surface area contributed by atoms with Gasteiger partial charge in [-0.15, -0.1) is 0 Å². The number of carboxylic acid groups (broad SMARTS) is 1. The molecule has 42 heavy (non-hydrogen) atoms. The van der Waals surface area contributed by atoms with E-state index in [9.17, 15) is 14.0 Å². The lowest BCUT2D eigenvalue weighted by atomic mass is 10.1. The van der Waals surface area contributed by atoms with Gasteiger partial charge < -0.3 is 33.4 Å². The molecule has 0 bridgehead atoms. The van der Waals surface area contributed by atoms with Crippen molar-refractivity contribution in [1.82, 2.24) is 19.9 Å². The molecule has 12 nitrogen and oxygen atoms in total. The molecule has 0 unspecified atom stereocenters. The highest BCUT2D eigenvalue weighted by atomic mass is 19.1. The maximum absolute atomic E-state index is 14.2. The number of aromatic nitrogens is 3. The highest BCUT2D eigenvalue weighted by molar-refractivity contribution is 5.79. The quantitative estimate of drug-likeness (QED) is 0.232. The predicted molar refractivity (Wildman–Crippen MR) is 146 cm³/mol. The number of likely N-dealkylation sites (tertiary alicyclic amines) is 1. The van der Waals surface area contributed by atoms with E-state index in [0.29, 0.717) is 43.7 Å². The van der Waals surface area contributed by atoms with Crippen molar-refractivity contribution in [2.24, 2.45) is 0 Å². The van der Waals surface area contributed by atoms with E-state index in [0.717, 1.165) is 11.1 Å². The van der Waals surface area contributed by atoms with Crippen molar-refractivity contribution < 1.29 is 42.5 Å². The third kappa shape index (κ3) is 6.19. The zero-order valence-electron chi connectivity index (χ0n) is 23.3. The fourth-order valence-corrected chi connectivity index (χ4v) is 4.65.